The molecule has 5 nitrogen and oxygen atoms in total. The Kier molecular flexibility index (Phi) is 4.85. The predicted molar refractivity (Wildman–Crippen MR) is 93.2 cm³/mol. The van der Waals surface area contributed by atoms with Crippen LogP contribution in [0.2, 0.25) is 0 Å². The number of nitrogens with zero attached hydrogens (tertiary/aromatic N) is 1. The molecule has 130 valence electrons. The van der Waals surface area contributed by atoms with Gasteiger partial charge in [0.25, 0.3) is 5.91 Å². The van der Waals surface area contributed by atoms with Crippen LogP contribution in [0.3, 0.4) is 0 Å². The summed E-state index contributed by atoms with van der Waals surface area (Å²) in [5.74, 6) is 3.43. The summed E-state index contributed by atoms with van der Waals surface area (Å²) in [6.07, 6.45) is 3.34. The third kappa shape index (κ3) is 3.22. The normalized spacial score (nSPS) is 25.7. The van der Waals surface area contributed by atoms with Gasteiger partial charge in [0.1, 0.15) is 13.2 Å². The molecule has 24 heavy (non-hydrogen) atoms. The first-order valence-electron chi connectivity index (χ1n) is 8.72. The predicted octanol–water partition coefficient (Wildman–Crippen LogP) is 2.58. The fraction of sp³-hybridized carbons (Fsp3) is 0.611. The molecule has 0 spiro atoms. The Morgan fingerprint density at radius 1 is 1.21 bits per heavy atom. The van der Waals surface area contributed by atoms with Crippen LogP contribution >= 0.6 is 11.8 Å². The summed E-state index contributed by atoms with van der Waals surface area (Å²) < 4.78 is 17.2. The van der Waals surface area contributed by atoms with Gasteiger partial charge in [-0.25, -0.2) is 0 Å². The van der Waals surface area contributed by atoms with E-state index in [4.69, 9.17) is 14.2 Å². The minimum atomic E-state index is 0.0420. The molecule has 2 atom stereocenters. The van der Waals surface area contributed by atoms with Crippen molar-refractivity contribution >= 4 is 17.7 Å². The van der Waals surface area contributed by atoms with Crippen molar-refractivity contribution in [3.05, 3.63) is 23.8 Å². The topological polar surface area (TPSA) is 48.0 Å². The maximum atomic E-state index is 13.3. The number of amides is 1. The van der Waals surface area contributed by atoms with Crippen molar-refractivity contribution in [1.82, 2.24) is 4.90 Å². The molecule has 3 aliphatic heterocycles. The zero-order chi connectivity index (χ0) is 16.4. The zero-order valence-corrected chi connectivity index (χ0v) is 14.6. The molecule has 2 fully saturated rings. The minimum Gasteiger partial charge on any atom is -0.486 e. The minimum absolute atomic E-state index is 0.0420. The van der Waals surface area contributed by atoms with E-state index in [1.807, 2.05) is 34.9 Å². The molecular weight excluding hydrogens is 326 g/mol. The van der Waals surface area contributed by atoms with Crippen molar-refractivity contribution in [3.8, 4) is 11.5 Å². The Morgan fingerprint density at radius 2 is 2.12 bits per heavy atom. The monoisotopic (exact) mass is 349 g/mol. The standard InChI is InChI=1S/C18H23NO4S/c20-18(15-4-1-5-16-17(15)23-9-8-22-16)19(13-6-10-24-12-13)11-14-3-2-7-21-14/h1,4-5,13-14H,2-3,6-12H2/t13-,14+/m1/s1. The number of fused-ring (bicyclic) bond motifs is 1. The molecule has 0 unspecified atom stereocenters. The highest BCUT2D eigenvalue weighted by Crippen LogP contribution is 2.35. The van der Waals surface area contributed by atoms with Crippen LogP contribution < -0.4 is 9.47 Å². The first-order valence-corrected chi connectivity index (χ1v) is 9.87. The summed E-state index contributed by atoms with van der Waals surface area (Å²) in [5, 5.41) is 0. The molecule has 1 aromatic carbocycles. The molecular formula is C18H23NO4S. The Hall–Kier alpha value is -1.40. The second-order valence-corrected chi connectivity index (χ2v) is 7.59. The van der Waals surface area contributed by atoms with Crippen LogP contribution in [0, 0.1) is 0 Å². The molecule has 2 saturated heterocycles. The molecule has 0 aromatic heterocycles. The molecule has 1 amide bonds. The van der Waals surface area contributed by atoms with Gasteiger partial charge in [0.05, 0.1) is 11.7 Å². The summed E-state index contributed by atoms with van der Waals surface area (Å²) in [6, 6.07) is 5.86. The van der Waals surface area contributed by atoms with Crippen LogP contribution in [0.1, 0.15) is 29.6 Å². The molecule has 3 heterocycles. The summed E-state index contributed by atoms with van der Waals surface area (Å²) in [5.41, 5.74) is 0.613. The lowest BCUT2D eigenvalue weighted by molar-refractivity contribution is 0.0436. The van der Waals surface area contributed by atoms with Gasteiger partial charge in [0, 0.05) is 24.9 Å². The van der Waals surface area contributed by atoms with Crippen LogP contribution in [-0.4, -0.2) is 60.8 Å². The Labute approximate surface area is 146 Å². The molecule has 0 radical (unpaired) electrons. The first-order chi connectivity index (χ1) is 11.8. The van der Waals surface area contributed by atoms with Crippen molar-refractivity contribution in [2.24, 2.45) is 0 Å². The molecule has 0 saturated carbocycles. The lowest BCUT2D eigenvalue weighted by Crippen LogP contribution is -2.45. The molecule has 4 rings (SSSR count). The summed E-state index contributed by atoms with van der Waals surface area (Å²) in [7, 11) is 0. The van der Waals surface area contributed by atoms with E-state index in [0.29, 0.717) is 36.8 Å². The maximum Gasteiger partial charge on any atom is 0.258 e. The van der Waals surface area contributed by atoms with Gasteiger partial charge in [-0.15, -0.1) is 0 Å². The smallest absolute Gasteiger partial charge is 0.258 e. The van der Waals surface area contributed by atoms with Gasteiger partial charge in [0.15, 0.2) is 11.5 Å². The highest BCUT2D eigenvalue weighted by atomic mass is 32.2. The van der Waals surface area contributed by atoms with Crippen LogP contribution in [0.4, 0.5) is 0 Å². The number of hydrogen-bond acceptors (Lipinski definition) is 5. The van der Waals surface area contributed by atoms with Gasteiger partial charge in [-0.3, -0.25) is 4.79 Å². The number of rotatable bonds is 4. The third-order valence-electron chi connectivity index (χ3n) is 4.83. The van der Waals surface area contributed by atoms with Crippen LogP contribution in [-0.2, 0) is 4.74 Å². The fourth-order valence-corrected chi connectivity index (χ4v) is 4.79. The van der Waals surface area contributed by atoms with Crippen molar-refractivity contribution in [3.63, 3.8) is 0 Å². The Morgan fingerprint density at radius 3 is 2.92 bits per heavy atom. The number of thioether (sulfide) groups is 1. The molecule has 0 aliphatic carbocycles. The van der Waals surface area contributed by atoms with Gasteiger partial charge in [-0.2, -0.15) is 11.8 Å². The third-order valence-corrected chi connectivity index (χ3v) is 5.97. The van der Waals surface area contributed by atoms with Crippen molar-refractivity contribution in [2.75, 3.05) is 37.9 Å². The average Bonchev–Trinajstić information content (AvgIpc) is 3.32. The van der Waals surface area contributed by atoms with E-state index < -0.39 is 0 Å². The first kappa shape index (κ1) is 16.1. The number of benzene rings is 1. The SMILES string of the molecule is O=C(c1cccc2c1OCCO2)N(C[C@@H]1CCCO1)[C@@H]1CCSC1. The lowest BCUT2D eigenvalue weighted by atomic mass is 10.1. The number of hydrogen-bond donors (Lipinski definition) is 0. The van der Waals surface area contributed by atoms with E-state index in [0.717, 1.165) is 37.4 Å². The van der Waals surface area contributed by atoms with Gasteiger partial charge in [-0.1, -0.05) is 6.07 Å². The van der Waals surface area contributed by atoms with E-state index in [9.17, 15) is 4.79 Å². The molecule has 1 aromatic rings. The van der Waals surface area contributed by atoms with E-state index in [-0.39, 0.29) is 18.1 Å². The number of carbonyl (C=O) groups excluding carboxylic acids is 1. The second kappa shape index (κ2) is 7.23. The molecule has 3 aliphatic rings. The largest absolute Gasteiger partial charge is 0.486 e. The number of para-hydroxylation sites is 1. The van der Waals surface area contributed by atoms with Crippen molar-refractivity contribution in [2.45, 2.75) is 31.4 Å². The molecule has 0 N–H and O–H groups in total. The lowest BCUT2D eigenvalue weighted by Gasteiger charge is -2.32. The van der Waals surface area contributed by atoms with Crippen LogP contribution in [0.25, 0.3) is 0 Å². The van der Waals surface area contributed by atoms with Gasteiger partial charge < -0.3 is 19.1 Å². The van der Waals surface area contributed by atoms with E-state index in [1.54, 1.807) is 0 Å². The molecule has 0 bridgehead atoms. The van der Waals surface area contributed by atoms with Crippen molar-refractivity contribution in [1.29, 1.82) is 0 Å². The van der Waals surface area contributed by atoms with E-state index >= 15 is 0 Å². The summed E-state index contributed by atoms with van der Waals surface area (Å²) in [4.78, 5) is 15.3. The van der Waals surface area contributed by atoms with E-state index in [2.05, 4.69) is 0 Å². The van der Waals surface area contributed by atoms with Gasteiger partial charge in [0.2, 0.25) is 0 Å². The van der Waals surface area contributed by atoms with Gasteiger partial charge in [-0.05, 0) is 37.1 Å². The number of carbonyl (C=O) groups is 1. The highest BCUT2D eigenvalue weighted by Gasteiger charge is 2.33. The summed E-state index contributed by atoms with van der Waals surface area (Å²) in [6.45, 7) is 2.50. The van der Waals surface area contributed by atoms with Crippen molar-refractivity contribution < 1.29 is 19.0 Å². The number of ether oxygens (including phenoxy) is 3. The van der Waals surface area contributed by atoms with E-state index in [1.165, 1.54) is 0 Å². The fourth-order valence-electron chi connectivity index (χ4n) is 3.57. The highest BCUT2D eigenvalue weighted by molar-refractivity contribution is 7.99. The molecule has 6 heteroatoms. The zero-order valence-electron chi connectivity index (χ0n) is 13.7. The van der Waals surface area contributed by atoms with Crippen LogP contribution in [0.5, 0.6) is 11.5 Å². The average molecular weight is 349 g/mol. The van der Waals surface area contributed by atoms with Gasteiger partial charge >= 0.3 is 0 Å². The van der Waals surface area contributed by atoms with Crippen LogP contribution in [0.15, 0.2) is 18.2 Å². The second-order valence-electron chi connectivity index (χ2n) is 6.44. The Bertz CT molecular complexity index is 597. The quantitative estimate of drug-likeness (QED) is 0.836. The maximum absolute atomic E-state index is 13.3. The summed E-state index contributed by atoms with van der Waals surface area (Å²) >= 11 is 1.92. The Balaban J connectivity index is 1.60.